The van der Waals surface area contributed by atoms with Gasteiger partial charge < -0.3 is 24.0 Å². The van der Waals surface area contributed by atoms with Gasteiger partial charge in [-0.2, -0.15) is 0 Å². The summed E-state index contributed by atoms with van der Waals surface area (Å²) in [5, 5.41) is 19.6. The third-order valence-corrected chi connectivity index (χ3v) is 6.86. The molecule has 1 amide bonds. The molecule has 198 valence electrons. The van der Waals surface area contributed by atoms with Gasteiger partial charge in [-0.05, 0) is 17.5 Å². The van der Waals surface area contributed by atoms with E-state index in [2.05, 4.69) is 10.2 Å². The maximum atomic E-state index is 14.1. The Morgan fingerprint density at radius 2 is 2.00 bits per heavy atom. The van der Waals surface area contributed by atoms with E-state index in [0.717, 1.165) is 23.5 Å². The highest BCUT2D eigenvalue weighted by atomic mass is 32.1. The number of hydrogen-bond acceptors (Lipinski definition) is 8. The predicted molar refractivity (Wildman–Crippen MR) is 133 cm³/mol. The lowest BCUT2D eigenvalue weighted by molar-refractivity contribution is 0.0326. The molecule has 0 saturated carbocycles. The lowest BCUT2D eigenvalue weighted by Crippen LogP contribution is -2.47. The highest BCUT2D eigenvalue weighted by Crippen LogP contribution is 2.31. The van der Waals surface area contributed by atoms with Crippen molar-refractivity contribution in [3.8, 4) is 16.3 Å². The lowest BCUT2D eigenvalue weighted by atomic mass is 10.1. The van der Waals surface area contributed by atoms with Crippen LogP contribution in [0.15, 0.2) is 29.2 Å². The number of rotatable bonds is 10. The Bertz CT molecular complexity index is 1340. The number of amides is 1. The van der Waals surface area contributed by atoms with Crippen molar-refractivity contribution in [2.75, 3.05) is 40.0 Å². The Kier molecular flexibility index (Phi) is 8.30. The fraction of sp³-hybridized carbons (Fsp3) is 0.440. The molecule has 9 nitrogen and oxygen atoms in total. The summed E-state index contributed by atoms with van der Waals surface area (Å²) in [6, 6.07) is 2.91. The molecule has 1 N–H and O–H groups in total. The molecule has 1 aliphatic rings. The first-order chi connectivity index (χ1) is 17.7. The zero-order valence-corrected chi connectivity index (χ0v) is 21.6. The van der Waals surface area contributed by atoms with Gasteiger partial charge in [0.2, 0.25) is 5.43 Å². The van der Waals surface area contributed by atoms with Gasteiger partial charge in [0.05, 0.1) is 31.4 Å². The van der Waals surface area contributed by atoms with E-state index in [1.807, 2.05) is 13.8 Å². The lowest BCUT2D eigenvalue weighted by Gasteiger charge is -2.37. The Labute approximate surface area is 216 Å². The molecule has 1 aromatic carbocycles. The fourth-order valence-electron chi connectivity index (χ4n) is 4.20. The number of carbonyl (C=O) groups is 1. The Hall–Kier alpha value is -3.22. The van der Waals surface area contributed by atoms with E-state index in [1.54, 1.807) is 16.6 Å². The minimum absolute atomic E-state index is 0.0562. The van der Waals surface area contributed by atoms with Crippen molar-refractivity contribution >= 4 is 17.2 Å². The van der Waals surface area contributed by atoms with Crippen LogP contribution in [0.5, 0.6) is 5.75 Å². The first-order valence-electron chi connectivity index (χ1n) is 11.8. The highest BCUT2D eigenvalue weighted by Gasteiger charge is 2.35. The standard InChI is InChI=1S/C25H28F2N4O5S/c1-14(2)10-30-11-17(13-36-7-6-35-3)31-12-18(22(32)23(33)21(31)25(30)34)24-29-28-20(37-24)8-15-4-5-16(26)9-19(15)27/h4-5,9,12,14,17,33H,6-8,10-11,13H2,1-3H3. The molecule has 0 bridgehead atoms. The van der Waals surface area contributed by atoms with Gasteiger partial charge in [-0.15, -0.1) is 10.2 Å². The number of aromatic nitrogens is 3. The number of pyridine rings is 1. The first kappa shape index (κ1) is 26.8. The van der Waals surface area contributed by atoms with Crippen LogP contribution in [0.25, 0.3) is 10.6 Å². The molecule has 0 aliphatic carbocycles. The van der Waals surface area contributed by atoms with Crippen LogP contribution in [-0.4, -0.2) is 70.7 Å². The number of carbonyl (C=O) groups excluding carboxylic acids is 1. The molecule has 1 atom stereocenters. The molecule has 12 heteroatoms. The van der Waals surface area contributed by atoms with E-state index in [1.165, 1.54) is 12.3 Å². The smallest absolute Gasteiger partial charge is 0.274 e. The maximum absolute atomic E-state index is 14.1. The molecule has 3 heterocycles. The largest absolute Gasteiger partial charge is 0.503 e. The average molecular weight is 535 g/mol. The number of benzene rings is 1. The molecule has 1 aliphatic heterocycles. The molecule has 1 unspecified atom stereocenters. The summed E-state index contributed by atoms with van der Waals surface area (Å²) in [5.41, 5.74) is -0.547. The topological polar surface area (TPSA) is 107 Å². The van der Waals surface area contributed by atoms with Crippen LogP contribution < -0.4 is 5.43 Å². The Balaban J connectivity index is 1.69. The van der Waals surface area contributed by atoms with E-state index >= 15 is 0 Å². The van der Waals surface area contributed by atoms with Crippen molar-refractivity contribution in [1.82, 2.24) is 19.7 Å². The van der Waals surface area contributed by atoms with Gasteiger partial charge in [0.15, 0.2) is 16.5 Å². The molecular formula is C25H28F2N4O5S. The predicted octanol–water partition coefficient (Wildman–Crippen LogP) is 3.26. The Morgan fingerprint density at radius 1 is 1.22 bits per heavy atom. The molecule has 2 aromatic heterocycles. The van der Waals surface area contributed by atoms with Gasteiger partial charge in [-0.3, -0.25) is 9.59 Å². The molecule has 0 radical (unpaired) electrons. The van der Waals surface area contributed by atoms with Gasteiger partial charge in [-0.1, -0.05) is 31.3 Å². The number of methoxy groups -OCH3 is 1. The molecule has 0 saturated heterocycles. The van der Waals surface area contributed by atoms with Crippen LogP contribution in [0.4, 0.5) is 8.78 Å². The van der Waals surface area contributed by atoms with Crippen LogP contribution in [-0.2, 0) is 15.9 Å². The monoisotopic (exact) mass is 534 g/mol. The van der Waals surface area contributed by atoms with E-state index < -0.39 is 28.7 Å². The van der Waals surface area contributed by atoms with Crippen LogP contribution in [0.3, 0.4) is 0 Å². The Morgan fingerprint density at radius 3 is 2.70 bits per heavy atom. The summed E-state index contributed by atoms with van der Waals surface area (Å²) in [7, 11) is 1.57. The first-order valence-corrected chi connectivity index (χ1v) is 12.6. The summed E-state index contributed by atoms with van der Waals surface area (Å²) in [6.07, 6.45) is 1.55. The van der Waals surface area contributed by atoms with E-state index in [0.29, 0.717) is 31.3 Å². The van der Waals surface area contributed by atoms with Gasteiger partial charge in [0.25, 0.3) is 5.91 Å². The SMILES string of the molecule is COCCOCC1CN(CC(C)C)C(=O)c2c(O)c(=O)c(-c3nnc(Cc4ccc(F)cc4F)s3)cn21. The minimum atomic E-state index is -0.749. The second-order valence-corrected chi connectivity index (χ2v) is 10.3. The number of fused-ring (bicyclic) bond motifs is 1. The third kappa shape index (κ3) is 5.86. The zero-order chi connectivity index (χ0) is 26.7. The molecule has 37 heavy (non-hydrogen) atoms. The van der Waals surface area contributed by atoms with Crippen molar-refractivity contribution in [3.63, 3.8) is 0 Å². The summed E-state index contributed by atoms with van der Waals surface area (Å²) in [6.45, 7) is 5.73. The van der Waals surface area contributed by atoms with E-state index in [4.69, 9.17) is 9.47 Å². The normalized spacial score (nSPS) is 15.5. The molecule has 3 aromatic rings. The average Bonchev–Trinajstić information content (AvgIpc) is 3.31. The number of nitrogens with zero attached hydrogens (tertiary/aromatic N) is 4. The second kappa shape index (κ2) is 11.4. The summed E-state index contributed by atoms with van der Waals surface area (Å²) in [5.74, 6) is -2.31. The van der Waals surface area contributed by atoms with Crippen LogP contribution in [0.1, 0.15) is 40.9 Å². The van der Waals surface area contributed by atoms with E-state index in [-0.39, 0.29) is 46.8 Å². The molecule has 0 spiro atoms. The van der Waals surface area contributed by atoms with Crippen molar-refractivity contribution in [3.05, 3.63) is 62.5 Å². The van der Waals surface area contributed by atoms with Gasteiger partial charge in [0.1, 0.15) is 16.6 Å². The van der Waals surface area contributed by atoms with Gasteiger partial charge in [-0.25, -0.2) is 8.78 Å². The summed E-state index contributed by atoms with van der Waals surface area (Å²) >= 11 is 1.05. The summed E-state index contributed by atoms with van der Waals surface area (Å²) < 4.78 is 39.6. The molecule has 4 rings (SSSR count). The second-order valence-electron chi connectivity index (χ2n) is 9.22. The van der Waals surface area contributed by atoms with Crippen LogP contribution >= 0.6 is 11.3 Å². The molecular weight excluding hydrogens is 506 g/mol. The minimum Gasteiger partial charge on any atom is -0.503 e. The van der Waals surface area contributed by atoms with Crippen molar-refractivity contribution in [1.29, 1.82) is 0 Å². The maximum Gasteiger partial charge on any atom is 0.274 e. The van der Waals surface area contributed by atoms with Gasteiger partial charge >= 0.3 is 0 Å². The number of aromatic hydroxyl groups is 1. The number of hydrogen-bond donors (Lipinski definition) is 1. The van der Waals surface area contributed by atoms with Crippen LogP contribution in [0.2, 0.25) is 0 Å². The highest BCUT2D eigenvalue weighted by molar-refractivity contribution is 7.14. The van der Waals surface area contributed by atoms with Crippen molar-refractivity contribution in [2.24, 2.45) is 5.92 Å². The third-order valence-electron chi connectivity index (χ3n) is 5.91. The fourth-order valence-corrected chi connectivity index (χ4v) is 5.07. The van der Waals surface area contributed by atoms with E-state index in [9.17, 15) is 23.5 Å². The summed E-state index contributed by atoms with van der Waals surface area (Å²) in [4.78, 5) is 28.0. The van der Waals surface area contributed by atoms with Gasteiger partial charge in [0, 0.05) is 38.9 Å². The number of ether oxygens (including phenoxy) is 2. The quantitative estimate of drug-likeness (QED) is 0.398. The van der Waals surface area contributed by atoms with Crippen molar-refractivity contribution < 1.29 is 28.2 Å². The van der Waals surface area contributed by atoms with Crippen LogP contribution in [0, 0.1) is 17.6 Å². The zero-order valence-electron chi connectivity index (χ0n) is 20.7. The van der Waals surface area contributed by atoms with Crippen molar-refractivity contribution in [2.45, 2.75) is 26.3 Å². The molecule has 0 fully saturated rings. The number of halogens is 2.